The van der Waals surface area contributed by atoms with E-state index >= 15 is 0 Å². The van der Waals surface area contributed by atoms with E-state index in [2.05, 4.69) is 0 Å². The summed E-state index contributed by atoms with van der Waals surface area (Å²) in [5, 5.41) is 7.63. The van der Waals surface area contributed by atoms with Crippen molar-refractivity contribution in [3.05, 3.63) is 0 Å². The van der Waals surface area contributed by atoms with Crippen LogP contribution in [-0.2, 0) is 24.7 Å². The van der Waals surface area contributed by atoms with Crippen LogP contribution in [-0.4, -0.2) is 60.7 Å². The van der Waals surface area contributed by atoms with Crippen LogP contribution in [0.15, 0.2) is 0 Å². The third kappa shape index (κ3) is 3.41. The Kier molecular flexibility index (Phi) is 3.89. The molecule has 0 bridgehead atoms. The van der Waals surface area contributed by atoms with Gasteiger partial charge in [-0.15, -0.1) is 11.8 Å². The van der Waals surface area contributed by atoms with Gasteiger partial charge in [-0.1, -0.05) is 0 Å². The van der Waals surface area contributed by atoms with E-state index in [-0.39, 0.29) is 11.7 Å². The summed E-state index contributed by atoms with van der Waals surface area (Å²) in [6.07, 6.45) is 2.54. The molecular formula is C9H15NO6S3. The van der Waals surface area contributed by atoms with E-state index < -0.39 is 42.3 Å². The first-order valence-electron chi connectivity index (χ1n) is 5.65. The van der Waals surface area contributed by atoms with Gasteiger partial charge >= 0.3 is 5.97 Å². The molecule has 0 aromatic heterocycles. The molecule has 1 saturated carbocycles. The van der Waals surface area contributed by atoms with Crippen molar-refractivity contribution in [2.24, 2.45) is 5.92 Å². The summed E-state index contributed by atoms with van der Waals surface area (Å²) >= 11 is 1.28. The van der Waals surface area contributed by atoms with Crippen LogP contribution in [0.2, 0.25) is 0 Å². The number of hydrogen-bond donors (Lipinski definition) is 1. The van der Waals surface area contributed by atoms with Gasteiger partial charge in [0.1, 0.15) is 6.04 Å². The molecule has 2 aliphatic rings. The predicted octanol–water partition coefficient (Wildman–Crippen LogP) is -0.444. The van der Waals surface area contributed by atoms with Crippen LogP contribution in [0.5, 0.6) is 0 Å². The lowest BCUT2D eigenvalue weighted by Crippen LogP contribution is -2.48. The first-order chi connectivity index (χ1) is 8.62. The molecule has 0 radical (unpaired) electrons. The van der Waals surface area contributed by atoms with Gasteiger partial charge in [-0.25, -0.2) is 16.8 Å². The van der Waals surface area contributed by atoms with Gasteiger partial charge in [0.25, 0.3) is 0 Å². The number of sulfonamides is 1. The summed E-state index contributed by atoms with van der Waals surface area (Å²) in [6, 6.07) is -1.16. The highest BCUT2D eigenvalue weighted by Gasteiger charge is 2.51. The maximum absolute atomic E-state index is 12.2. The third-order valence-electron chi connectivity index (χ3n) is 2.98. The molecule has 2 rings (SSSR count). The molecular weight excluding hydrogens is 314 g/mol. The molecule has 1 saturated heterocycles. The topological polar surface area (TPSA) is 109 Å². The Bertz CT molecular complexity index is 579. The summed E-state index contributed by atoms with van der Waals surface area (Å²) in [5.74, 6) is -0.920. The van der Waals surface area contributed by atoms with Crippen molar-refractivity contribution in [1.29, 1.82) is 0 Å². The SMILES string of the molecule is CS(=O)(=O)CS(=O)(=O)N1C(C(=O)O)CSC1C1CC1. The minimum absolute atomic E-state index is 0.142. The zero-order valence-electron chi connectivity index (χ0n) is 10.2. The molecule has 1 aliphatic carbocycles. The van der Waals surface area contributed by atoms with E-state index in [1.165, 1.54) is 11.8 Å². The number of sulfone groups is 1. The maximum atomic E-state index is 12.2. The average Bonchev–Trinajstić information content (AvgIpc) is 2.92. The summed E-state index contributed by atoms with van der Waals surface area (Å²) in [4.78, 5) is 11.1. The largest absolute Gasteiger partial charge is 0.480 e. The van der Waals surface area contributed by atoms with Gasteiger partial charge in [0, 0.05) is 12.0 Å². The minimum atomic E-state index is -4.12. The van der Waals surface area contributed by atoms with Crippen LogP contribution in [0.3, 0.4) is 0 Å². The highest BCUT2D eigenvalue weighted by molar-refractivity contribution is 8.07. The fourth-order valence-electron chi connectivity index (χ4n) is 2.10. The second-order valence-electron chi connectivity index (χ2n) is 4.90. The number of nitrogens with zero attached hydrogens (tertiary/aromatic N) is 1. The summed E-state index contributed by atoms with van der Waals surface area (Å²) in [7, 11) is -7.85. The lowest BCUT2D eigenvalue weighted by molar-refractivity contribution is -0.140. The van der Waals surface area contributed by atoms with Crippen LogP contribution in [0.4, 0.5) is 0 Å². The van der Waals surface area contributed by atoms with Crippen molar-refractivity contribution in [2.75, 3.05) is 17.1 Å². The molecule has 110 valence electrons. The standard InChI is InChI=1S/C9H15NO6S3/c1-18(13,14)5-19(15,16)10-7(9(11)12)4-17-8(10)6-2-3-6/h6-8H,2-5H2,1H3,(H,11,12). The molecule has 2 fully saturated rings. The van der Waals surface area contributed by atoms with Crippen molar-refractivity contribution in [2.45, 2.75) is 24.3 Å². The number of carboxylic acid groups (broad SMARTS) is 1. The Morgan fingerprint density at radius 2 is 1.89 bits per heavy atom. The van der Waals surface area contributed by atoms with Gasteiger partial charge in [-0.2, -0.15) is 4.31 Å². The molecule has 7 nitrogen and oxygen atoms in total. The van der Waals surface area contributed by atoms with Gasteiger partial charge < -0.3 is 5.11 Å². The zero-order chi connectivity index (χ0) is 14.4. The van der Waals surface area contributed by atoms with Crippen molar-refractivity contribution >= 4 is 37.6 Å². The second-order valence-corrected chi connectivity index (χ2v) is 10.4. The van der Waals surface area contributed by atoms with E-state index in [1.54, 1.807) is 0 Å². The van der Waals surface area contributed by atoms with Gasteiger partial charge in [-0.05, 0) is 18.8 Å². The minimum Gasteiger partial charge on any atom is -0.480 e. The Hall–Kier alpha value is -0.320. The number of aliphatic carboxylic acids is 1. The average molecular weight is 329 g/mol. The number of rotatable bonds is 5. The molecule has 0 aromatic carbocycles. The van der Waals surface area contributed by atoms with E-state index in [9.17, 15) is 21.6 Å². The van der Waals surface area contributed by atoms with E-state index in [0.717, 1.165) is 23.4 Å². The van der Waals surface area contributed by atoms with Gasteiger partial charge in [-0.3, -0.25) is 4.79 Å². The predicted molar refractivity (Wildman–Crippen MR) is 70.9 cm³/mol. The second kappa shape index (κ2) is 4.90. The van der Waals surface area contributed by atoms with Crippen molar-refractivity contribution in [3.8, 4) is 0 Å². The van der Waals surface area contributed by atoms with Crippen molar-refractivity contribution < 1.29 is 26.7 Å². The van der Waals surface area contributed by atoms with Crippen LogP contribution in [0.25, 0.3) is 0 Å². The monoisotopic (exact) mass is 329 g/mol. The fraction of sp³-hybridized carbons (Fsp3) is 0.889. The first-order valence-corrected chi connectivity index (χ1v) is 10.4. The highest BCUT2D eigenvalue weighted by Crippen LogP contribution is 2.46. The van der Waals surface area contributed by atoms with Gasteiger partial charge in [0.2, 0.25) is 10.0 Å². The van der Waals surface area contributed by atoms with Gasteiger partial charge in [0.15, 0.2) is 14.9 Å². The molecule has 2 unspecified atom stereocenters. The van der Waals surface area contributed by atoms with Crippen molar-refractivity contribution in [3.63, 3.8) is 0 Å². The Morgan fingerprint density at radius 3 is 2.32 bits per heavy atom. The molecule has 2 atom stereocenters. The summed E-state index contributed by atoms with van der Waals surface area (Å²) in [5.41, 5.74) is 0. The molecule has 1 aliphatic heterocycles. The number of carboxylic acids is 1. The van der Waals surface area contributed by atoms with Crippen LogP contribution in [0.1, 0.15) is 12.8 Å². The first kappa shape index (κ1) is 15.1. The Labute approximate surface area is 116 Å². The summed E-state index contributed by atoms with van der Waals surface area (Å²) in [6.45, 7) is 0. The molecule has 19 heavy (non-hydrogen) atoms. The molecule has 0 amide bonds. The van der Waals surface area contributed by atoms with E-state index in [0.29, 0.717) is 0 Å². The number of carbonyl (C=O) groups is 1. The molecule has 1 N–H and O–H groups in total. The lowest BCUT2D eigenvalue weighted by atomic mass is 10.3. The van der Waals surface area contributed by atoms with E-state index in [4.69, 9.17) is 5.11 Å². The van der Waals surface area contributed by atoms with Crippen LogP contribution >= 0.6 is 11.8 Å². The zero-order valence-corrected chi connectivity index (χ0v) is 12.7. The normalized spacial score (nSPS) is 29.5. The van der Waals surface area contributed by atoms with Gasteiger partial charge in [0.05, 0.1) is 5.37 Å². The molecule has 0 spiro atoms. The fourth-order valence-corrected chi connectivity index (χ4v) is 7.99. The van der Waals surface area contributed by atoms with Crippen molar-refractivity contribution in [1.82, 2.24) is 4.31 Å². The molecule has 0 aromatic rings. The molecule has 10 heteroatoms. The maximum Gasteiger partial charge on any atom is 0.322 e. The van der Waals surface area contributed by atoms with Crippen LogP contribution in [0, 0.1) is 5.92 Å². The summed E-state index contributed by atoms with van der Waals surface area (Å²) < 4.78 is 47.7. The lowest BCUT2D eigenvalue weighted by Gasteiger charge is -2.25. The van der Waals surface area contributed by atoms with Crippen LogP contribution < -0.4 is 0 Å². The van der Waals surface area contributed by atoms with E-state index in [1.807, 2.05) is 0 Å². The highest BCUT2D eigenvalue weighted by atomic mass is 32.3. The third-order valence-corrected chi connectivity index (χ3v) is 8.60. The molecule has 1 heterocycles. The quantitative estimate of drug-likeness (QED) is 0.728. The number of thioether (sulfide) groups is 1. The number of hydrogen-bond acceptors (Lipinski definition) is 6. The Morgan fingerprint density at radius 1 is 1.32 bits per heavy atom. The Balaban J connectivity index is 2.32. The smallest absolute Gasteiger partial charge is 0.322 e.